The number of aryl methyl sites for hydroxylation is 2. The van der Waals surface area contributed by atoms with E-state index in [4.69, 9.17) is 0 Å². The number of nitrogens with one attached hydrogen (secondary N) is 2. The minimum atomic E-state index is -0.231. The number of rotatable bonds is 5. The summed E-state index contributed by atoms with van der Waals surface area (Å²) in [7, 11) is 1.74. The molecule has 3 amide bonds. The Kier molecular flexibility index (Phi) is 6.33. The van der Waals surface area contributed by atoms with Crippen molar-refractivity contribution in [3.63, 3.8) is 0 Å². The molecule has 0 radical (unpaired) electrons. The van der Waals surface area contributed by atoms with Crippen LogP contribution in [0, 0.1) is 13.8 Å². The molecule has 0 unspecified atom stereocenters. The minimum Gasteiger partial charge on any atom is -0.350 e. The first-order chi connectivity index (χ1) is 12.3. The molecule has 0 saturated heterocycles. The zero-order valence-electron chi connectivity index (χ0n) is 16.0. The van der Waals surface area contributed by atoms with E-state index in [0.717, 1.165) is 16.7 Å². The van der Waals surface area contributed by atoms with Gasteiger partial charge in [-0.05, 0) is 62.6 Å². The van der Waals surface area contributed by atoms with Gasteiger partial charge in [-0.15, -0.1) is 0 Å². The lowest BCUT2D eigenvalue weighted by molar-refractivity contribution is 0.0943. The lowest BCUT2D eigenvalue weighted by Gasteiger charge is -2.20. The third-order valence-corrected chi connectivity index (χ3v) is 4.05. The van der Waals surface area contributed by atoms with Gasteiger partial charge in [0.05, 0.1) is 0 Å². The van der Waals surface area contributed by atoms with Crippen LogP contribution in [0.5, 0.6) is 0 Å². The predicted molar refractivity (Wildman–Crippen MR) is 103 cm³/mol. The Morgan fingerprint density at radius 3 is 2.54 bits per heavy atom. The highest BCUT2D eigenvalue weighted by Crippen LogP contribution is 2.18. The molecule has 6 heteroatoms. The van der Waals surface area contributed by atoms with Gasteiger partial charge in [0, 0.05) is 43.3 Å². The topological polar surface area (TPSA) is 74.3 Å². The number of pyridine rings is 1. The van der Waals surface area contributed by atoms with E-state index in [1.54, 1.807) is 36.5 Å². The number of nitrogens with zero attached hydrogens (tertiary/aromatic N) is 2. The normalized spacial score (nSPS) is 10.5. The summed E-state index contributed by atoms with van der Waals surface area (Å²) < 4.78 is 0. The lowest BCUT2D eigenvalue weighted by Crippen LogP contribution is -2.32. The fourth-order valence-electron chi connectivity index (χ4n) is 2.46. The van der Waals surface area contributed by atoms with Gasteiger partial charge in [0.25, 0.3) is 5.91 Å². The van der Waals surface area contributed by atoms with E-state index in [9.17, 15) is 9.59 Å². The highest BCUT2D eigenvalue weighted by atomic mass is 16.2. The van der Waals surface area contributed by atoms with Gasteiger partial charge >= 0.3 is 6.03 Å². The zero-order valence-corrected chi connectivity index (χ0v) is 16.0. The van der Waals surface area contributed by atoms with Crippen LogP contribution in [0.15, 0.2) is 36.7 Å². The summed E-state index contributed by atoms with van der Waals surface area (Å²) in [6.07, 6.45) is 3.50. The molecule has 26 heavy (non-hydrogen) atoms. The average molecular weight is 354 g/mol. The molecule has 0 aliphatic rings. The lowest BCUT2D eigenvalue weighted by atomic mass is 10.1. The van der Waals surface area contributed by atoms with Crippen LogP contribution in [0.25, 0.3) is 0 Å². The highest BCUT2D eigenvalue weighted by molar-refractivity contribution is 5.97. The summed E-state index contributed by atoms with van der Waals surface area (Å²) in [5, 5.41) is 5.74. The standard InChI is InChI=1S/C20H26N4O2/c1-13(2)22-19(25)16-7-6-14(3)18(10-16)23-20(26)24(5)12-17-8-9-21-11-15(17)4/h6-11,13H,12H2,1-5H3,(H,22,25)(H,23,26). The third kappa shape index (κ3) is 5.05. The molecule has 0 spiro atoms. The van der Waals surface area contributed by atoms with Gasteiger partial charge in [0.1, 0.15) is 0 Å². The van der Waals surface area contributed by atoms with Crippen LogP contribution in [-0.2, 0) is 6.54 Å². The number of carbonyl (C=O) groups is 2. The molecule has 138 valence electrons. The summed E-state index contributed by atoms with van der Waals surface area (Å²) in [4.78, 5) is 30.4. The highest BCUT2D eigenvalue weighted by Gasteiger charge is 2.14. The van der Waals surface area contributed by atoms with Gasteiger partial charge in [-0.3, -0.25) is 9.78 Å². The molecule has 1 aromatic heterocycles. The van der Waals surface area contributed by atoms with Crippen molar-refractivity contribution in [2.75, 3.05) is 12.4 Å². The van der Waals surface area contributed by atoms with Crippen LogP contribution in [0.2, 0.25) is 0 Å². The summed E-state index contributed by atoms with van der Waals surface area (Å²) >= 11 is 0. The predicted octanol–water partition coefficient (Wildman–Crippen LogP) is 3.50. The molecular formula is C20H26N4O2. The summed E-state index contributed by atoms with van der Waals surface area (Å²) in [6.45, 7) is 8.16. The van der Waals surface area contributed by atoms with E-state index in [2.05, 4.69) is 15.6 Å². The van der Waals surface area contributed by atoms with Crippen molar-refractivity contribution in [2.45, 2.75) is 40.3 Å². The van der Waals surface area contributed by atoms with Crippen molar-refractivity contribution in [1.82, 2.24) is 15.2 Å². The van der Waals surface area contributed by atoms with Crippen LogP contribution >= 0.6 is 0 Å². The van der Waals surface area contributed by atoms with Gasteiger partial charge < -0.3 is 15.5 Å². The molecule has 6 nitrogen and oxygen atoms in total. The monoisotopic (exact) mass is 354 g/mol. The first kappa shape index (κ1) is 19.4. The second-order valence-corrected chi connectivity index (χ2v) is 6.75. The zero-order chi connectivity index (χ0) is 19.3. The van der Waals surface area contributed by atoms with Crippen LogP contribution < -0.4 is 10.6 Å². The fraction of sp³-hybridized carbons (Fsp3) is 0.350. The van der Waals surface area contributed by atoms with E-state index < -0.39 is 0 Å². The van der Waals surface area contributed by atoms with E-state index in [0.29, 0.717) is 17.8 Å². The molecular weight excluding hydrogens is 328 g/mol. The van der Waals surface area contributed by atoms with Crippen molar-refractivity contribution < 1.29 is 9.59 Å². The van der Waals surface area contributed by atoms with Crippen LogP contribution in [-0.4, -0.2) is 34.9 Å². The number of amides is 3. The Bertz CT molecular complexity index is 802. The number of carbonyl (C=O) groups excluding carboxylic acids is 2. The van der Waals surface area contributed by atoms with E-state index in [1.165, 1.54) is 0 Å². The van der Waals surface area contributed by atoms with Crippen LogP contribution in [0.3, 0.4) is 0 Å². The van der Waals surface area contributed by atoms with Crippen molar-refractivity contribution >= 4 is 17.6 Å². The van der Waals surface area contributed by atoms with Gasteiger partial charge in [-0.1, -0.05) is 6.07 Å². The maximum atomic E-state index is 12.5. The van der Waals surface area contributed by atoms with E-state index >= 15 is 0 Å². The molecule has 0 aliphatic carbocycles. The molecule has 0 bridgehead atoms. The SMILES string of the molecule is Cc1cnccc1CN(C)C(=O)Nc1cc(C(=O)NC(C)C)ccc1C. The van der Waals surface area contributed by atoms with E-state index in [1.807, 2.05) is 39.8 Å². The Morgan fingerprint density at radius 1 is 1.15 bits per heavy atom. The first-order valence-electron chi connectivity index (χ1n) is 8.61. The maximum absolute atomic E-state index is 12.5. The number of benzene rings is 1. The molecule has 2 rings (SSSR count). The largest absolute Gasteiger partial charge is 0.350 e. The van der Waals surface area contributed by atoms with Crippen molar-refractivity contribution in [2.24, 2.45) is 0 Å². The number of hydrogen-bond acceptors (Lipinski definition) is 3. The maximum Gasteiger partial charge on any atom is 0.321 e. The summed E-state index contributed by atoms with van der Waals surface area (Å²) in [6, 6.07) is 7.02. The molecule has 0 saturated carbocycles. The molecule has 2 N–H and O–H groups in total. The smallest absolute Gasteiger partial charge is 0.321 e. The minimum absolute atomic E-state index is 0.0524. The van der Waals surface area contributed by atoms with Crippen LogP contribution in [0.1, 0.15) is 40.9 Å². The Labute approximate surface area is 154 Å². The van der Waals surface area contributed by atoms with Crippen LogP contribution in [0.4, 0.5) is 10.5 Å². The fourth-order valence-corrected chi connectivity index (χ4v) is 2.46. The van der Waals surface area contributed by atoms with Crippen molar-refractivity contribution in [3.8, 4) is 0 Å². The molecule has 1 aromatic carbocycles. The number of urea groups is 1. The second-order valence-electron chi connectivity index (χ2n) is 6.75. The third-order valence-electron chi connectivity index (χ3n) is 4.05. The van der Waals surface area contributed by atoms with E-state index in [-0.39, 0.29) is 18.0 Å². The quantitative estimate of drug-likeness (QED) is 0.863. The first-order valence-corrected chi connectivity index (χ1v) is 8.61. The Hall–Kier alpha value is -2.89. The Balaban J connectivity index is 2.10. The van der Waals surface area contributed by atoms with Gasteiger partial charge in [0.15, 0.2) is 0 Å². The average Bonchev–Trinajstić information content (AvgIpc) is 2.58. The molecule has 2 aromatic rings. The number of hydrogen-bond donors (Lipinski definition) is 2. The molecule has 0 atom stereocenters. The van der Waals surface area contributed by atoms with Crippen molar-refractivity contribution in [1.29, 1.82) is 0 Å². The van der Waals surface area contributed by atoms with Gasteiger partial charge in [0.2, 0.25) is 0 Å². The summed E-state index contributed by atoms with van der Waals surface area (Å²) in [5.74, 6) is -0.156. The van der Waals surface area contributed by atoms with Crippen molar-refractivity contribution in [3.05, 3.63) is 58.9 Å². The number of anilines is 1. The second kappa shape index (κ2) is 8.47. The number of aromatic nitrogens is 1. The summed E-state index contributed by atoms with van der Waals surface area (Å²) in [5.41, 5.74) is 4.12. The Morgan fingerprint density at radius 2 is 1.88 bits per heavy atom. The molecule has 1 heterocycles. The molecule has 0 fully saturated rings. The van der Waals surface area contributed by atoms with Gasteiger partial charge in [-0.2, -0.15) is 0 Å². The van der Waals surface area contributed by atoms with Gasteiger partial charge in [-0.25, -0.2) is 4.79 Å². The molecule has 0 aliphatic heterocycles.